The number of rotatable bonds is 6. The highest BCUT2D eigenvalue weighted by Crippen LogP contribution is 2.28. The van der Waals surface area contributed by atoms with Gasteiger partial charge >= 0.3 is 0 Å². The predicted octanol–water partition coefficient (Wildman–Crippen LogP) is 2.61. The number of benzene rings is 1. The largest absolute Gasteiger partial charge is 0.494 e. The first kappa shape index (κ1) is 14.0. The van der Waals surface area contributed by atoms with Gasteiger partial charge in [0.25, 0.3) is 0 Å². The summed E-state index contributed by atoms with van der Waals surface area (Å²) >= 11 is 1.65. The highest BCUT2D eigenvalue weighted by molar-refractivity contribution is 7.99. The van der Waals surface area contributed by atoms with Crippen LogP contribution in [-0.4, -0.2) is 21.9 Å². The van der Waals surface area contributed by atoms with E-state index in [9.17, 15) is 0 Å². The average Bonchev–Trinajstić information content (AvgIpc) is 2.82. The lowest BCUT2D eigenvalue weighted by Gasteiger charge is -2.16. The van der Waals surface area contributed by atoms with Crippen molar-refractivity contribution >= 4 is 11.8 Å². The number of nitrogens with two attached hydrogens (primary N) is 1. The molecule has 102 valence electrons. The molecule has 2 rings (SSSR count). The molecule has 0 amide bonds. The van der Waals surface area contributed by atoms with Gasteiger partial charge in [-0.25, -0.2) is 4.98 Å². The van der Waals surface area contributed by atoms with Gasteiger partial charge < -0.3 is 15.0 Å². The van der Waals surface area contributed by atoms with E-state index < -0.39 is 0 Å². The van der Waals surface area contributed by atoms with Gasteiger partial charge in [0.05, 0.1) is 6.61 Å². The van der Waals surface area contributed by atoms with Crippen LogP contribution in [0.3, 0.4) is 0 Å². The second-order valence-corrected chi connectivity index (χ2v) is 5.20. The first-order valence-corrected chi connectivity index (χ1v) is 7.28. The molecule has 19 heavy (non-hydrogen) atoms. The third-order valence-electron chi connectivity index (χ3n) is 2.79. The lowest BCUT2D eigenvalue weighted by Crippen LogP contribution is -2.15. The Morgan fingerprint density at radius 2 is 2.21 bits per heavy atom. The van der Waals surface area contributed by atoms with E-state index in [0.29, 0.717) is 6.61 Å². The van der Waals surface area contributed by atoms with Gasteiger partial charge in [-0.05, 0) is 13.0 Å². The van der Waals surface area contributed by atoms with Crippen molar-refractivity contribution in [2.24, 2.45) is 12.8 Å². The van der Waals surface area contributed by atoms with Crippen LogP contribution in [0.4, 0.5) is 0 Å². The molecule has 1 aromatic heterocycles. The van der Waals surface area contributed by atoms with Gasteiger partial charge in [0.1, 0.15) is 5.75 Å². The Labute approximate surface area is 118 Å². The van der Waals surface area contributed by atoms with Crippen molar-refractivity contribution in [3.8, 4) is 5.75 Å². The Morgan fingerprint density at radius 3 is 2.89 bits per heavy atom. The highest BCUT2D eigenvalue weighted by atomic mass is 32.2. The summed E-state index contributed by atoms with van der Waals surface area (Å²) in [6, 6.07) is 7.87. The summed E-state index contributed by atoms with van der Waals surface area (Å²) in [5, 5.41) is 0.976. The van der Waals surface area contributed by atoms with Crippen LogP contribution in [0.15, 0.2) is 41.8 Å². The minimum Gasteiger partial charge on any atom is -0.494 e. The van der Waals surface area contributed by atoms with Crippen molar-refractivity contribution in [3.63, 3.8) is 0 Å². The number of ether oxygens (including phenoxy) is 1. The van der Waals surface area contributed by atoms with E-state index in [-0.39, 0.29) is 6.04 Å². The van der Waals surface area contributed by atoms with Crippen LogP contribution in [0, 0.1) is 0 Å². The van der Waals surface area contributed by atoms with Crippen molar-refractivity contribution in [1.82, 2.24) is 9.55 Å². The van der Waals surface area contributed by atoms with Gasteiger partial charge in [-0.3, -0.25) is 0 Å². The number of aromatic nitrogens is 2. The van der Waals surface area contributed by atoms with Crippen LogP contribution in [0.2, 0.25) is 0 Å². The number of thioether (sulfide) groups is 1. The number of hydrogen-bond donors (Lipinski definition) is 1. The van der Waals surface area contributed by atoms with Gasteiger partial charge in [-0.2, -0.15) is 0 Å². The van der Waals surface area contributed by atoms with E-state index in [1.165, 1.54) is 0 Å². The van der Waals surface area contributed by atoms with Crippen LogP contribution in [-0.2, 0) is 7.05 Å². The van der Waals surface area contributed by atoms with Crippen LogP contribution in [0.5, 0.6) is 5.75 Å². The molecule has 2 N–H and O–H groups in total. The topological polar surface area (TPSA) is 53.1 Å². The highest BCUT2D eigenvalue weighted by Gasteiger charge is 2.13. The number of aryl methyl sites for hydroxylation is 1. The lowest BCUT2D eigenvalue weighted by molar-refractivity contribution is 0.335. The molecule has 5 heteroatoms. The van der Waals surface area contributed by atoms with Crippen molar-refractivity contribution in [2.45, 2.75) is 18.1 Å². The second kappa shape index (κ2) is 6.63. The molecule has 0 saturated heterocycles. The predicted molar refractivity (Wildman–Crippen MR) is 78.5 cm³/mol. The van der Waals surface area contributed by atoms with E-state index in [2.05, 4.69) is 4.98 Å². The standard InChI is InChI=1S/C14H19N3OS/c1-3-18-13-7-5-4-6-11(13)12(15)10-19-14-16-8-9-17(14)2/h4-9,12H,3,10,15H2,1-2H3. The van der Waals surface area contributed by atoms with Crippen molar-refractivity contribution < 1.29 is 4.74 Å². The summed E-state index contributed by atoms with van der Waals surface area (Å²) < 4.78 is 7.60. The van der Waals surface area contributed by atoms with Crippen LogP contribution >= 0.6 is 11.8 Å². The minimum atomic E-state index is -0.0653. The molecule has 2 aromatic rings. The summed E-state index contributed by atoms with van der Waals surface area (Å²) in [5.74, 6) is 1.65. The maximum Gasteiger partial charge on any atom is 0.167 e. The molecule has 0 spiro atoms. The molecule has 0 radical (unpaired) electrons. The zero-order valence-electron chi connectivity index (χ0n) is 11.2. The van der Waals surface area contributed by atoms with E-state index in [1.54, 1.807) is 18.0 Å². The number of hydrogen-bond acceptors (Lipinski definition) is 4. The molecule has 0 aliphatic carbocycles. The quantitative estimate of drug-likeness (QED) is 0.825. The first-order valence-electron chi connectivity index (χ1n) is 6.29. The van der Waals surface area contributed by atoms with Crippen LogP contribution in [0.1, 0.15) is 18.5 Å². The molecular formula is C14H19N3OS. The molecule has 1 aromatic carbocycles. The lowest BCUT2D eigenvalue weighted by atomic mass is 10.1. The van der Waals surface area contributed by atoms with E-state index >= 15 is 0 Å². The third-order valence-corrected chi connectivity index (χ3v) is 3.96. The molecule has 0 fully saturated rings. The summed E-state index contributed by atoms with van der Waals surface area (Å²) in [6.45, 7) is 2.63. The Balaban J connectivity index is 2.03. The monoisotopic (exact) mass is 277 g/mol. The second-order valence-electron chi connectivity index (χ2n) is 4.21. The molecule has 0 aliphatic heterocycles. The molecule has 0 bridgehead atoms. The third kappa shape index (κ3) is 3.52. The average molecular weight is 277 g/mol. The van der Waals surface area contributed by atoms with Gasteiger partial charge in [-0.1, -0.05) is 30.0 Å². The minimum absolute atomic E-state index is 0.0653. The molecule has 0 aliphatic rings. The van der Waals surface area contributed by atoms with Crippen molar-refractivity contribution in [3.05, 3.63) is 42.2 Å². The smallest absolute Gasteiger partial charge is 0.167 e. The Hall–Kier alpha value is -1.46. The summed E-state index contributed by atoms with van der Waals surface area (Å²) in [5.41, 5.74) is 7.30. The van der Waals surface area contributed by atoms with E-state index in [1.807, 2.05) is 49.0 Å². The first-order chi connectivity index (χ1) is 9.22. The SMILES string of the molecule is CCOc1ccccc1C(N)CSc1nccn1C. The van der Waals surface area contributed by atoms with Gasteiger partial charge in [0.2, 0.25) is 0 Å². The molecule has 1 atom stereocenters. The molecular weight excluding hydrogens is 258 g/mol. The number of imidazole rings is 1. The van der Waals surface area contributed by atoms with E-state index in [0.717, 1.165) is 22.2 Å². The normalized spacial score (nSPS) is 12.4. The fourth-order valence-corrected chi connectivity index (χ4v) is 2.73. The number of nitrogens with zero attached hydrogens (tertiary/aromatic N) is 2. The molecule has 0 saturated carbocycles. The summed E-state index contributed by atoms with van der Waals surface area (Å²) in [7, 11) is 1.98. The van der Waals surface area contributed by atoms with Crippen molar-refractivity contribution in [1.29, 1.82) is 0 Å². The zero-order chi connectivity index (χ0) is 13.7. The van der Waals surface area contributed by atoms with Crippen molar-refractivity contribution in [2.75, 3.05) is 12.4 Å². The van der Waals surface area contributed by atoms with Gasteiger partial charge in [0, 0.05) is 36.8 Å². The van der Waals surface area contributed by atoms with Gasteiger partial charge in [0.15, 0.2) is 5.16 Å². The molecule has 1 unspecified atom stereocenters. The maximum absolute atomic E-state index is 6.25. The van der Waals surface area contributed by atoms with Crippen LogP contribution < -0.4 is 10.5 Å². The fourth-order valence-electron chi connectivity index (χ4n) is 1.82. The summed E-state index contributed by atoms with van der Waals surface area (Å²) in [6.07, 6.45) is 3.73. The maximum atomic E-state index is 6.25. The van der Waals surface area contributed by atoms with Crippen LogP contribution in [0.25, 0.3) is 0 Å². The van der Waals surface area contributed by atoms with Gasteiger partial charge in [-0.15, -0.1) is 0 Å². The molecule has 1 heterocycles. The Kier molecular flexibility index (Phi) is 4.87. The number of para-hydroxylation sites is 1. The summed E-state index contributed by atoms with van der Waals surface area (Å²) in [4.78, 5) is 4.28. The molecule has 4 nitrogen and oxygen atoms in total. The zero-order valence-corrected chi connectivity index (χ0v) is 12.1. The Morgan fingerprint density at radius 1 is 1.42 bits per heavy atom. The Bertz CT molecular complexity index is 527. The van der Waals surface area contributed by atoms with E-state index in [4.69, 9.17) is 10.5 Å². The fraction of sp³-hybridized carbons (Fsp3) is 0.357.